The summed E-state index contributed by atoms with van der Waals surface area (Å²) in [6.45, 7) is 0. The normalized spacial score (nSPS) is 23.2. The number of nitro groups is 1. The molecule has 0 bridgehead atoms. The Kier molecular flexibility index (Phi) is 4.27. The second kappa shape index (κ2) is 5.78. The zero-order valence-corrected chi connectivity index (χ0v) is 12.1. The molecule has 0 aromatic heterocycles. The summed E-state index contributed by atoms with van der Waals surface area (Å²) in [6, 6.07) is 6.40. The van der Waals surface area contributed by atoms with Crippen molar-refractivity contribution < 1.29 is 13.3 Å². The first-order chi connectivity index (χ1) is 9.38. The highest BCUT2D eigenvalue weighted by molar-refractivity contribution is 7.91. The van der Waals surface area contributed by atoms with Crippen molar-refractivity contribution in [3.63, 3.8) is 0 Å². The molecular formula is C13H18N2O4S. The molecule has 0 radical (unpaired) electrons. The summed E-state index contributed by atoms with van der Waals surface area (Å²) in [5.41, 5.74) is 0.477. The minimum Gasteiger partial charge on any atom is -0.377 e. The summed E-state index contributed by atoms with van der Waals surface area (Å²) >= 11 is 0. The third kappa shape index (κ3) is 3.47. The molecule has 1 aliphatic rings. The maximum atomic E-state index is 11.6. The zero-order chi connectivity index (χ0) is 14.8. The first kappa shape index (κ1) is 14.8. The van der Waals surface area contributed by atoms with E-state index in [1.807, 2.05) is 0 Å². The van der Waals surface area contributed by atoms with Crippen molar-refractivity contribution >= 4 is 21.2 Å². The fourth-order valence-electron chi connectivity index (χ4n) is 2.64. The van der Waals surface area contributed by atoms with Crippen LogP contribution in [0.15, 0.2) is 24.3 Å². The van der Waals surface area contributed by atoms with E-state index in [-0.39, 0.29) is 17.0 Å². The van der Waals surface area contributed by atoms with E-state index in [0.717, 1.165) is 12.8 Å². The molecule has 0 aliphatic heterocycles. The lowest BCUT2D eigenvalue weighted by atomic mass is 9.94. The summed E-state index contributed by atoms with van der Waals surface area (Å²) in [4.78, 5) is 10.5. The fourth-order valence-corrected chi connectivity index (χ4v) is 3.82. The van der Waals surface area contributed by atoms with Gasteiger partial charge in [0.2, 0.25) is 0 Å². The molecule has 1 fully saturated rings. The van der Waals surface area contributed by atoms with Gasteiger partial charge >= 0.3 is 0 Å². The van der Waals surface area contributed by atoms with Gasteiger partial charge in [0.1, 0.15) is 15.5 Å². The lowest BCUT2D eigenvalue weighted by Crippen LogP contribution is -2.34. The highest BCUT2D eigenvalue weighted by atomic mass is 32.2. The Morgan fingerprint density at radius 3 is 2.65 bits per heavy atom. The van der Waals surface area contributed by atoms with E-state index < -0.39 is 14.8 Å². The van der Waals surface area contributed by atoms with Crippen molar-refractivity contribution in [3.05, 3.63) is 34.4 Å². The lowest BCUT2D eigenvalue weighted by molar-refractivity contribution is -0.384. The number of anilines is 1. The van der Waals surface area contributed by atoms with E-state index in [1.165, 1.54) is 12.3 Å². The van der Waals surface area contributed by atoms with Crippen LogP contribution in [0.5, 0.6) is 0 Å². The standard InChI is InChI=1S/C13H18N2O4S/c1-20(18,19)11-6-4-5-10(9-11)14-12-7-2-3-8-13(12)15(16)17/h2-3,7-8,10-11,14H,4-6,9H2,1H3/t10-,11-/m1/s1. The maximum absolute atomic E-state index is 11.6. The molecule has 1 aliphatic carbocycles. The van der Waals surface area contributed by atoms with Gasteiger partial charge in [-0.1, -0.05) is 18.6 Å². The minimum absolute atomic E-state index is 0.0222. The molecule has 6 nitrogen and oxygen atoms in total. The Labute approximate surface area is 118 Å². The van der Waals surface area contributed by atoms with Crippen molar-refractivity contribution in [1.29, 1.82) is 0 Å². The Morgan fingerprint density at radius 2 is 2.00 bits per heavy atom. The number of nitrogens with one attached hydrogen (secondary N) is 1. The summed E-state index contributed by atoms with van der Waals surface area (Å²) in [7, 11) is -3.05. The zero-order valence-electron chi connectivity index (χ0n) is 11.3. The number of benzene rings is 1. The largest absolute Gasteiger partial charge is 0.377 e. The van der Waals surface area contributed by atoms with Crippen LogP contribution in [0.4, 0.5) is 11.4 Å². The molecule has 0 unspecified atom stereocenters. The SMILES string of the molecule is CS(=O)(=O)[C@@H]1CCC[C@@H](Nc2ccccc2[N+](=O)[O-])C1. The Balaban J connectivity index is 2.12. The third-order valence-corrected chi connectivity index (χ3v) is 5.33. The van der Waals surface area contributed by atoms with Crippen LogP contribution in [-0.2, 0) is 9.84 Å². The van der Waals surface area contributed by atoms with Crippen molar-refractivity contribution in [2.75, 3.05) is 11.6 Å². The molecule has 7 heteroatoms. The highest BCUT2D eigenvalue weighted by Crippen LogP contribution is 2.30. The Bertz CT molecular complexity index is 600. The van der Waals surface area contributed by atoms with Gasteiger partial charge in [0.25, 0.3) is 5.69 Å². The van der Waals surface area contributed by atoms with E-state index in [0.29, 0.717) is 18.5 Å². The van der Waals surface area contributed by atoms with Crippen LogP contribution in [0.1, 0.15) is 25.7 Å². The van der Waals surface area contributed by atoms with Crippen LogP contribution in [0.2, 0.25) is 0 Å². The predicted molar refractivity (Wildman–Crippen MR) is 77.6 cm³/mol. The smallest absolute Gasteiger partial charge is 0.292 e. The highest BCUT2D eigenvalue weighted by Gasteiger charge is 2.29. The van der Waals surface area contributed by atoms with Gasteiger partial charge in [0.05, 0.1) is 10.2 Å². The molecule has 110 valence electrons. The van der Waals surface area contributed by atoms with E-state index in [4.69, 9.17) is 0 Å². The molecule has 0 saturated heterocycles. The minimum atomic E-state index is -3.05. The molecule has 0 spiro atoms. The summed E-state index contributed by atoms with van der Waals surface area (Å²) in [5.74, 6) is 0. The van der Waals surface area contributed by atoms with Gasteiger partial charge in [-0.2, -0.15) is 0 Å². The molecular weight excluding hydrogens is 280 g/mol. The van der Waals surface area contributed by atoms with Crippen LogP contribution >= 0.6 is 0 Å². The van der Waals surface area contributed by atoms with Crippen molar-refractivity contribution in [3.8, 4) is 0 Å². The predicted octanol–water partition coefficient (Wildman–Crippen LogP) is 2.36. The van der Waals surface area contributed by atoms with Crippen LogP contribution in [0.3, 0.4) is 0 Å². The average molecular weight is 298 g/mol. The first-order valence-corrected chi connectivity index (χ1v) is 8.52. The van der Waals surface area contributed by atoms with E-state index >= 15 is 0 Å². The third-order valence-electron chi connectivity index (χ3n) is 3.69. The molecule has 0 heterocycles. The van der Waals surface area contributed by atoms with Crippen LogP contribution in [-0.4, -0.2) is 30.9 Å². The maximum Gasteiger partial charge on any atom is 0.292 e. The summed E-state index contributed by atoms with van der Waals surface area (Å²) < 4.78 is 23.2. The van der Waals surface area contributed by atoms with Gasteiger partial charge in [-0.15, -0.1) is 0 Å². The van der Waals surface area contributed by atoms with Gasteiger partial charge < -0.3 is 5.32 Å². The molecule has 1 aromatic carbocycles. The Hall–Kier alpha value is -1.63. The van der Waals surface area contributed by atoms with Gasteiger partial charge in [0, 0.05) is 18.4 Å². The number of rotatable bonds is 4. The second-order valence-corrected chi connectivity index (χ2v) is 7.56. The van der Waals surface area contributed by atoms with E-state index in [2.05, 4.69) is 5.32 Å². The lowest BCUT2D eigenvalue weighted by Gasteiger charge is -2.29. The second-order valence-electron chi connectivity index (χ2n) is 5.23. The molecule has 1 saturated carbocycles. The summed E-state index contributed by atoms with van der Waals surface area (Å²) in [5, 5.41) is 13.7. The monoisotopic (exact) mass is 298 g/mol. The number of hydrogen-bond donors (Lipinski definition) is 1. The summed E-state index contributed by atoms with van der Waals surface area (Å²) in [6.07, 6.45) is 4.08. The van der Waals surface area contributed by atoms with Gasteiger partial charge in [0.15, 0.2) is 0 Å². The van der Waals surface area contributed by atoms with E-state index in [1.54, 1.807) is 18.2 Å². The molecule has 20 heavy (non-hydrogen) atoms. The topological polar surface area (TPSA) is 89.3 Å². The van der Waals surface area contributed by atoms with Crippen molar-refractivity contribution in [2.24, 2.45) is 0 Å². The van der Waals surface area contributed by atoms with Crippen LogP contribution in [0.25, 0.3) is 0 Å². The quantitative estimate of drug-likeness (QED) is 0.681. The molecule has 0 amide bonds. The van der Waals surface area contributed by atoms with Gasteiger partial charge in [-0.3, -0.25) is 10.1 Å². The molecule has 1 N–H and O–H groups in total. The van der Waals surface area contributed by atoms with Gasteiger partial charge in [-0.25, -0.2) is 8.42 Å². The van der Waals surface area contributed by atoms with Gasteiger partial charge in [-0.05, 0) is 25.3 Å². The first-order valence-electron chi connectivity index (χ1n) is 6.57. The molecule has 2 atom stereocenters. The number of hydrogen-bond acceptors (Lipinski definition) is 5. The van der Waals surface area contributed by atoms with E-state index in [9.17, 15) is 18.5 Å². The Morgan fingerprint density at radius 1 is 1.30 bits per heavy atom. The van der Waals surface area contributed by atoms with Crippen LogP contribution in [0, 0.1) is 10.1 Å². The number of para-hydroxylation sites is 2. The van der Waals surface area contributed by atoms with Crippen LogP contribution < -0.4 is 5.32 Å². The molecule has 2 rings (SSSR count). The number of sulfone groups is 1. The molecule has 1 aromatic rings. The van der Waals surface area contributed by atoms with Crippen molar-refractivity contribution in [1.82, 2.24) is 0 Å². The number of nitro benzene ring substituents is 1. The fraction of sp³-hybridized carbons (Fsp3) is 0.538. The number of nitrogens with zero attached hydrogens (tertiary/aromatic N) is 1. The van der Waals surface area contributed by atoms with Crippen molar-refractivity contribution in [2.45, 2.75) is 37.0 Å². The average Bonchev–Trinajstić information content (AvgIpc) is 2.38.